The zero-order valence-corrected chi connectivity index (χ0v) is 14.1. The second kappa shape index (κ2) is 7.41. The van der Waals surface area contributed by atoms with E-state index in [0.717, 1.165) is 34.8 Å². The molecule has 0 bridgehead atoms. The number of hydrogen-bond acceptors (Lipinski definition) is 4. The van der Waals surface area contributed by atoms with Crippen molar-refractivity contribution < 1.29 is 4.74 Å². The van der Waals surface area contributed by atoms with Crippen molar-refractivity contribution >= 4 is 21.7 Å². The van der Waals surface area contributed by atoms with Gasteiger partial charge in [-0.25, -0.2) is 9.97 Å². The average molecular weight is 350 g/mol. The van der Waals surface area contributed by atoms with Gasteiger partial charge in [0.1, 0.15) is 22.0 Å². The van der Waals surface area contributed by atoms with Gasteiger partial charge in [0, 0.05) is 18.5 Å². The number of benzene rings is 1. The first-order valence-corrected chi connectivity index (χ1v) is 7.85. The van der Waals surface area contributed by atoms with Crippen LogP contribution in [0.3, 0.4) is 0 Å². The summed E-state index contributed by atoms with van der Waals surface area (Å²) in [7, 11) is 1.67. The zero-order chi connectivity index (χ0) is 15.2. The van der Waals surface area contributed by atoms with E-state index in [-0.39, 0.29) is 6.04 Å². The SMILES string of the molecule is CCCc1nc(Br)cc(NC(C)c2ccc(OC)cc2)n1. The topological polar surface area (TPSA) is 47.0 Å². The summed E-state index contributed by atoms with van der Waals surface area (Å²) in [4.78, 5) is 8.92. The Morgan fingerprint density at radius 3 is 2.57 bits per heavy atom. The number of aryl methyl sites for hydroxylation is 1. The van der Waals surface area contributed by atoms with Gasteiger partial charge in [0.15, 0.2) is 0 Å². The minimum atomic E-state index is 0.159. The molecular formula is C16H20BrN3O. The number of nitrogens with zero attached hydrogens (tertiary/aromatic N) is 2. The van der Waals surface area contributed by atoms with Crippen LogP contribution in [0.15, 0.2) is 34.9 Å². The molecule has 1 aromatic carbocycles. The second-order valence-electron chi connectivity index (χ2n) is 4.88. The van der Waals surface area contributed by atoms with Gasteiger partial charge in [-0.1, -0.05) is 19.1 Å². The molecule has 5 heteroatoms. The maximum Gasteiger partial charge on any atom is 0.132 e. The van der Waals surface area contributed by atoms with Crippen molar-refractivity contribution in [1.29, 1.82) is 0 Å². The van der Waals surface area contributed by atoms with Gasteiger partial charge >= 0.3 is 0 Å². The molecule has 0 saturated carbocycles. The highest BCUT2D eigenvalue weighted by Crippen LogP contribution is 2.22. The van der Waals surface area contributed by atoms with Gasteiger partial charge in [0.25, 0.3) is 0 Å². The fourth-order valence-corrected chi connectivity index (χ4v) is 2.49. The third kappa shape index (κ3) is 4.43. The van der Waals surface area contributed by atoms with Gasteiger partial charge in [-0.3, -0.25) is 0 Å². The Kier molecular flexibility index (Phi) is 5.56. The van der Waals surface area contributed by atoms with Crippen LogP contribution in [-0.2, 0) is 6.42 Å². The standard InChI is InChI=1S/C16H20BrN3O/c1-4-5-15-19-14(17)10-16(20-15)18-11(2)12-6-8-13(21-3)9-7-12/h6-11H,4-5H2,1-3H3,(H,18,19,20). The van der Waals surface area contributed by atoms with Crippen LogP contribution in [0.1, 0.15) is 37.7 Å². The van der Waals surface area contributed by atoms with E-state index in [2.05, 4.69) is 57.2 Å². The Bertz CT molecular complexity index is 587. The van der Waals surface area contributed by atoms with E-state index in [1.165, 1.54) is 5.56 Å². The molecular weight excluding hydrogens is 330 g/mol. The molecule has 0 aliphatic rings. The molecule has 0 spiro atoms. The highest BCUT2D eigenvalue weighted by molar-refractivity contribution is 9.10. The van der Waals surface area contributed by atoms with Gasteiger partial charge in [-0.05, 0) is 47.0 Å². The summed E-state index contributed by atoms with van der Waals surface area (Å²) >= 11 is 3.44. The molecule has 2 aromatic rings. The Morgan fingerprint density at radius 2 is 1.95 bits per heavy atom. The van der Waals surface area contributed by atoms with Crippen LogP contribution in [0.25, 0.3) is 0 Å². The molecule has 0 amide bonds. The maximum atomic E-state index is 5.18. The van der Waals surface area contributed by atoms with Gasteiger partial charge in [-0.2, -0.15) is 0 Å². The van der Waals surface area contributed by atoms with Crippen molar-refractivity contribution in [2.45, 2.75) is 32.7 Å². The number of rotatable bonds is 6. The van der Waals surface area contributed by atoms with E-state index in [1.54, 1.807) is 7.11 Å². The number of methoxy groups -OCH3 is 1. The van der Waals surface area contributed by atoms with Crippen molar-refractivity contribution in [2.24, 2.45) is 0 Å². The number of halogens is 1. The molecule has 0 radical (unpaired) electrons. The highest BCUT2D eigenvalue weighted by Gasteiger charge is 2.08. The van der Waals surface area contributed by atoms with E-state index in [4.69, 9.17) is 4.74 Å². The summed E-state index contributed by atoms with van der Waals surface area (Å²) in [5.41, 5.74) is 1.18. The Hall–Kier alpha value is -1.62. The molecule has 1 N–H and O–H groups in total. The molecule has 0 fully saturated rings. The van der Waals surface area contributed by atoms with Crippen molar-refractivity contribution in [3.8, 4) is 5.75 Å². The van der Waals surface area contributed by atoms with E-state index in [0.29, 0.717) is 0 Å². The summed E-state index contributed by atoms with van der Waals surface area (Å²) in [5, 5.41) is 3.41. The van der Waals surface area contributed by atoms with Gasteiger partial charge in [0.2, 0.25) is 0 Å². The van der Waals surface area contributed by atoms with Crippen LogP contribution in [-0.4, -0.2) is 17.1 Å². The van der Waals surface area contributed by atoms with Crippen molar-refractivity contribution in [1.82, 2.24) is 9.97 Å². The number of hydrogen-bond donors (Lipinski definition) is 1. The van der Waals surface area contributed by atoms with Crippen LogP contribution in [0.4, 0.5) is 5.82 Å². The van der Waals surface area contributed by atoms with Gasteiger partial charge in [0.05, 0.1) is 7.11 Å². The van der Waals surface area contributed by atoms with Gasteiger partial charge < -0.3 is 10.1 Å². The molecule has 0 saturated heterocycles. The lowest BCUT2D eigenvalue weighted by Gasteiger charge is -2.16. The van der Waals surface area contributed by atoms with Crippen LogP contribution < -0.4 is 10.1 Å². The fourth-order valence-electron chi connectivity index (χ4n) is 2.07. The second-order valence-corrected chi connectivity index (χ2v) is 5.69. The Labute approximate surface area is 134 Å². The highest BCUT2D eigenvalue weighted by atomic mass is 79.9. The van der Waals surface area contributed by atoms with Crippen LogP contribution in [0.2, 0.25) is 0 Å². The first kappa shape index (κ1) is 15.8. The third-order valence-electron chi connectivity index (χ3n) is 3.19. The molecule has 2 rings (SSSR count). The fraction of sp³-hybridized carbons (Fsp3) is 0.375. The summed E-state index contributed by atoms with van der Waals surface area (Å²) < 4.78 is 5.99. The predicted octanol–water partition coefficient (Wildman–Crippen LogP) is 4.37. The third-order valence-corrected chi connectivity index (χ3v) is 3.60. The van der Waals surface area contributed by atoms with Crippen LogP contribution >= 0.6 is 15.9 Å². The molecule has 21 heavy (non-hydrogen) atoms. The lowest BCUT2D eigenvalue weighted by molar-refractivity contribution is 0.414. The monoisotopic (exact) mass is 349 g/mol. The number of ether oxygens (including phenoxy) is 1. The van der Waals surface area contributed by atoms with Crippen molar-refractivity contribution in [3.63, 3.8) is 0 Å². The normalized spacial score (nSPS) is 12.0. The largest absolute Gasteiger partial charge is 0.497 e. The molecule has 0 aliphatic heterocycles. The minimum absolute atomic E-state index is 0.159. The van der Waals surface area contributed by atoms with Crippen LogP contribution in [0.5, 0.6) is 5.75 Å². The smallest absolute Gasteiger partial charge is 0.132 e. The quantitative estimate of drug-likeness (QED) is 0.786. The van der Waals surface area contributed by atoms with Crippen LogP contribution in [0, 0.1) is 0 Å². The molecule has 0 aliphatic carbocycles. The predicted molar refractivity (Wildman–Crippen MR) is 88.8 cm³/mol. The molecule has 112 valence electrons. The molecule has 1 unspecified atom stereocenters. The van der Waals surface area contributed by atoms with E-state index < -0.39 is 0 Å². The maximum absolute atomic E-state index is 5.18. The lowest BCUT2D eigenvalue weighted by Crippen LogP contribution is -2.09. The molecule has 1 atom stereocenters. The summed E-state index contributed by atoms with van der Waals surface area (Å²) in [6.07, 6.45) is 1.91. The van der Waals surface area contributed by atoms with E-state index >= 15 is 0 Å². The summed E-state index contributed by atoms with van der Waals surface area (Å²) in [6.45, 7) is 4.23. The number of aromatic nitrogens is 2. The van der Waals surface area contributed by atoms with Crippen molar-refractivity contribution in [3.05, 3.63) is 46.3 Å². The molecule has 4 nitrogen and oxygen atoms in total. The lowest BCUT2D eigenvalue weighted by atomic mass is 10.1. The van der Waals surface area contributed by atoms with Crippen molar-refractivity contribution in [2.75, 3.05) is 12.4 Å². The van der Waals surface area contributed by atoms with Gasteiger partial charge in [-0.15, -0.1) is 0 Å². The molecule has 1 aromatic heterocycles. The average Bonchev–Trinajstić information content (AvgIpc) is 2.47. The Balaban J connectivity index is 2.12. The molecule has 1 heterocycles. The summed E-state index contributed by atoms with van der Waals surface area (Å²) in [5.74, 6) is 2.56. The number of anilines is 1. The first-order chi connectivity index (χ1) is 10.1. The van der Waals surface area contributed by atoms with E-state index in [1.807, 2.05) is 18.2 Å². The zero-order valence-electron chi connectivity index (χ0n) is 12.6. The van der Waals surface area contributed by atoms with E-state index in [9.17, 15) is 0 Å². The summed E-state index contributed by atoms with van der Waals surface area (Å²) in [6, 6.07) is 10.1. The minimum Gasteiger partial charge on any atom is -0.497 e. The number of nitrogens with one attached hydrogen (secondary N) is 1. The Morgan fingerprint density at radius 1 is 1.24 bits per heavy atom. The first-order valence-electron chi connectivity index (χ1n) is 7.06.